The second-order valence-corrected chi connectivity index (χ2v) is 8.53. The maximum Gasteiger partial charge on any atom is 0.224 e. The van der Waals surface area contributed by atoms with Gasteiger partial charge < -0.3 is 10.6 Å². The number of carbonyl (C=O) groups is 1. The van der Waals surface area contributed by atoms with Gasteiger partial charge >= 0.3 is 0 Å². The highest BCUT2D eigenvalue weighted by atomic mass is 35.5. The Morgan fingerprint density at radius 1 is 1.29 bits per heavy atom. The second kappa shape index (κ2) is 10.8. The quantitative estimate of drug-likeness (QED) is 0.704. The van der Waals surface area contributed by atoms with Crippen molar-refractivity contribution in [3.05, 3.63) is 56.7 Å². The molecule has 0 bridgehead atoms. The molecule has 0 aliphatic carbocycles. The summed E-state index contributed by atoms with van der Waals surface area (Å²) in [6, 6.07) is 10.4. The summed E-state index contributed by atoms with van der Waals surface area (Å²) < 4.78 is 0. The van der Waals surface area contributed by atoms with Crippen LogP contribution in [-0.2, 0) is 17.8 Å². The molecule has 4 nitrogen and oxygen atoms in total. The molecule has 0 spiro atoms. The average molecular weight is 463 g/mol. The van der Waals surface area contributed by atoms with Crippen molar-refractivity contribution in [2.75, 3.05) is 26.2 Å². The van der Waals surface area contributed by atoms with Crippen molar-refractivity contribution in [1.29, 1.82) is 0 Å². The van der Waals surface area contributed by atoms with Crippen LogP contribution in [0.25, 0.3) is 0 Å². The molecule has 1 aromatic carbocycles. The van der Waals surface area contributed by atoms with E-state index in [0.29, 0.717) is 6.54 Å². The standard InChI is InChI=1S/C20H24ClN3OS.2ClH/c21-17-3-1-14(2-4-17)18(12-23-20(25)15-5-8-22-11-15)24-9-6-19-16(13-24)7-10-26-19;;/h1-4,7,10,15,18,22H,5-6,8-9,11-13H2,(H,23,25);2*1H. The Hall–Kier alpha value is -0.820. The molecule has 3 heterocycles. The number of fused-ring (bicyclic) bond motifs is 1. The van der Waals surface area contributed by atoms with E-state index in [0.717, 1.165) is 44.0 Å². The molecular formula is C20H26Cl3N3OS. The summed E-state index contributed by atoms with van der Waals surface area (Å²) in [6.07, 6.45) is 2.01. The molecule has 0 radical (unpaired) electrons. The van der Waals surface area contributed by atoms with Crippen LogP contribution in [-0.4, -0.2) is 37.0 Å². The summed E-state index contributed by atoms with van der Waals surface area (Å²) in [6.45, 7) is 4.32. The van der Waals surface area contributed by atoms with E-state index in [1.807, 2.05) is 23.5 Å². The van der Waals surface area contributed by atoms with Crippen molar-refractivity contribution >= 4 is 53.7 Å². The molecule has 1 saturated heterocycles. The van der Waals surface area contributed by atoms with Crippen LogP contribution in [0.3, 0.4) is 0 Å². The van der Waals surface area contributed by atoms with Gasteiger partial charge in [0.2, 0.25) is 5.91 Å². The molecule has 2 aliphatic rings. The first kappa shape index (κ1) is 23.5. The highest BCUT2D eigenvalue weighted by Gasteiger charge is 2.28. The van der Waals surface area contributed by atoms with Crippen LogP contribution in [0.5, 0.6) is 0 Å². The van der Waals surface area contributed by atoms with Crippen molar-refractivity contribution in [3.8, 4) is 0 Å². The molecule has 1 amide bonds. The monoisotopic (exact) mass is 461 g/mol. The fourth-order valence-corrected chi connectivity index (χ4v) is 4.91. The number of carbonyl (C=O) groups excluding carboxylic acids is 1. The van der Waals surface area contributed by atoms with Gasteiger partial charge in [-0.2, -0.15) is 0 Å². The molecular weight excluding hydrogens is 437 g/mol. The van der Waals surface area contributed by atoms with Crippen LogP contribution in [0.15, 0.2) is 35.7 Å². The lowest BCUT2D eigenvalue weighted by molar-refractivity contribution is -0.124. The molecule has 1 aromatic heterocycles. The van der Waals surface area contributed by atoms with E-state index in [2.05, 4.69) is 39.1 Å². The van der Waals surface area contributed by atoms with Crippen molar-refractivity contribution in [1.82, 2.24) is 15.5 Å². The summed E-state index contributed by atoms with van der Waals surface area (Å²) in [5.41, 5.74) is 2.63. The van der Waals surface area contributed by atoms with E-state index in [4.69, 9.17) is 11.6 Å². The average Bonchev–Trinajstić information content (AvgIpc) is 3.34. The molecule has 8 heteroatoms. The lowest BCUT2D eigenvalue weighted by Crippen LogP contribution is -2.42. The van der Waals surface area contributed by atoms with Crippen molar-refractivity contribution in [2.24, 2.45) is 5.92 Å². The fourth-order valence-electron chi connectivity index (χ4n) is 3.90. The zero-order valence-electron chi connectivity index (χ0n) is 15.5. The summed E-state index contributed by atoms with van der Waals surface area (Å²) in [5.74, 6) is 0.271. The maximum absolute atomic E-state index is 12.5. The van der Waals surface area contributed by atoms with Crippen LogP contribution in [0.1, 0.15) is 28.5 Å². The van der Waals surface area contributed by atoms with Gasteiger partial charge in [-0.15, -0.1) is 36.2 Å². The molecule has 4 rings (SSSR count). The van der Waals surface area contributed by atoms with Crippen molar-refractivity contribution < 1.29 is 4.79 Å². The van der Waals surface area contributed by atoms with Gasteiger partial charge in [0.1, 0.15) is 0 Å². The highest BCUT2D eigenvalue weighted by Crippen LogP contribution is 2.30. The van der Waals surface area contributed by atoms with Gasteiger partial charge in [-0.05, 0) is 54.1 Å². The molecule has 2 aliphatic heterocycles. The summed E-state index contributed by atoms with van der Waals surface area (Å²) in [7, 11) is 0. The topological polar surface area (TPSA) is 44.4 Å². The normalized spacial score (nSPS) is 19.8. The second-order valence-electron chi connectivity index (χ2n) is 7.09. The van der Waals surface area contributed by atoms with Crippen LogP contribution < -0.4 is 10.6 Å². The minimum atomic E-state index is 0. The van der Waals surface area contributed by atoms with Gasteiger partial charge in [-0.25, -0.2) is 0 Å². The lowest BCUT2D eigenvalue weighted by Gasteiger charge is -2.35. The van der Waals surface area contributed by atoms with Gasteiger partial charge in [0, 0.05) is 36.1 Å². The molecule has 0 saturated carbocycles. The SMILES string of the molecule is Cl.Cl.O=C(NCC(c1ccc(Cl)cc1)N1CCc2sccc2C1)C1CCNC1. The summed E-state index contributed by atoms with van der Waals surface area (Å²) in [5, 5.41) is 9.39. The number of hydrogen-bond acceptors (Lipinski definition) is 4. The van der Waals surface area contributed by atoms with Crippen LogP contribution >= 0.6 is 47.8 Å². The van der Waals surface area contributed by atoms with Gasteiger partial charge in [0.15, 0.2) is 0 Å². The van der Waals surface area contributed by atoms with E-state index in [-0.39, 0.29) is 42.7 Å². The van der Waals surface area contributed by atoms with Crippen LogP contribution in [0.2, 0.25) is 5.02 Å². The fraction of sp³-hybridized carbons (Fsp3) is 0.450. The van der Waals surface area contributed by atoms with Gasteiger partial charge in [-0.1, -0.05) is 23.7 Å². The third-order valence-corrected chi connectivity index (χ3v) is 6.71. The Morgan fingerprint density at radius 2 is 2.07 bits per heavy atom. The number of rotatable bonds is 5. The van der Waals surface area contributed by atoms with Gasteiger partial charge in [0.25, 0.3) is 0 Å². The molecule has 154 valence electrons. The third-order valence-electron chi connectivity index (χ3n) is 5.43. The number of nitrogens with one attached hydrogen (secondary N) is 2. The third kappa shape index (κ3) is 5.41. The number of halogens is 3. The predicted molar refractivity (Wildman–Crippen MR) is 121 cm³/mol. The minimum Gasteiger partial charge on any atom is -0.354 e. The molecule has 2 atom stereocenters. The summed E-state index contributed by atoms with van der Waals surface area (Å²) >= 11 is 7.93. The first-order valence-electron chi connectivity index (χ1n) is 9.24. The maximum atomic E-state index is 12.5. The Morgan fingerprint density at radius 3 is 2.79 bits per heavy atom. The van der Waals surface area contributed by atoms with E-state index in [9.17, 15) is 4.79 Å². The van der Waals surface area contributed by atoms with E-state index in [1.165, 1.54) is 16.0 Å². The Balaban J connectivity index is 0.00000140. The minimum absolute atomic E-state index is 0. The largest absolute Gasteiger partial charge is 0.354 e. The van der Waals surface area contributed by atoms with E-state index < -0.39 is 0 Å². The number of benzene rings is 1. The lowest BCUT2D eigenvalue weighted by atomic mass is 10.0. The van der Waals surface area contributed by atoms with E-state index in [1.54, 1.807) is 0 Å². The zero-order valence-corrected chi connectivity index (χ0v) is 18.7. The van der Waals surface area contributed by atoms with Gasteiger partial charge in [-0.3, -0.25) is 9.69 Å². The molecule has 28 heavy (non-hydrogen) atoms. The Labute approximate surface area is 187 Å². The van der Waals surface area contributed by atoms with Crippen LogP contribution in [0, 0.1) is 5.92 Å². The van der Waals surface area contributed by atoms with Crippen LogP contribution in [0.4, 0.5) is 0 Å². The number of nitrogens with zero attached hydrogens (tertiary/aromatic N) is 1. The van der Waals surface area contributed by atoms with Crippen molar-refractivity contribution in [2.45, 2.75) is 25.4 Å². The highest BCUT2D eigenvalue weighted by molar-refractivity contribution is 7.10. The first-order valence-corrected chi connectivity index (χ1v) is 10.5. The molecule has 2 N–H and O–H groups in total. The molecule has 2 unspecified atom stereocenters. The Kier molecular flexibility index (Phi) is 9.06. The predicted octanol–water partition coefficient (Wildman–Crippen LogP) is 4.07. The smallest absolute Gasteiger partial charge is 0.224 e. The summed E-state index contributed by atoms with van der Waals surface area (Å²) in [4.78, 5) is 16.5. The number of amides is 1. The zero-order chi connectivity index (χ0) is 17.9. The number of hydrogen-bond donors (Lipinski definition) is 2. The van der Waals surface area contributed by atoms with Crippen molar-refractivity contribution in [3.63, 3.8) is 0 Å². The van der Waals surface area contributed by atoms with Gasteiger partial charge in [0.05, 0.1) is 12.0 Å². The first-order chi connectivity index (χ1) is 12.7. The molecule has 1 fully saturated rings. The number of thiophene rings is 1. The molecule has 2 aromatic rings. The Bertz CT molecular complexity index is 762. The van der Waals surface area contributed by atoms with E-state index >= 15 is 0 Å².